The number of rotatable bonds is 4. The summed E-state index contributed by atoms with van der Waals surface area (Å²) in [6.07, 6.45) is 0. The molecule has 6 heteroatoms. The monoisotopic (exact) mass is 269 g/mol. The fourth-order valence-corrected chi connectivity index (χ4v) is 3.01. The van der Waals surface area contributed by atoms with E-state index in [1.165, 1.54) is 11.3 Å². The van der Waals surface area contributed by atoms with Gasteiger partial charge in [0, 0.05) is 11.3 Å². The molecule has 0 saturated carbocycles. The summed E-state index contributed by atoms with van der Waals surface area (Å²) in [6.45, 7) is 2.04. The van der Waals surface area contributed by atoms with Crippen LogP contribution in [0.1, 0.15) is 12.5 Å². The number of hydrogen-bond donors (Lipinski definition) is 1. The Morgan fingerprint density at radius 1 is 1.64 bits per heavy atom. The van der Waals surface area contributed by atoms with E-state index in [1.54, 1.807) is 17.8 Å². The van der Waals surface area contributed by atoms with Crippen LogP contribution in [0.3, 0.4) is 0 Å². The molecule has 1 heterocycles. The van der Waals surface area contributed by atoms with Gasteiger partial charge in [0.2, 0.25) is 0 Å². The summed E-state index contributed by atoms with van der Waals surface area (Å²) in [5.74, 6) is 1.61. The molecule has 0 aliphatic rings. The van der Waals surface area contributed by atoms with Gasteiger partial charge in [0.1, 0.15) is 4.34 Å². The topological polar surface area (TPSA) is 32.6 Å². The summed E-state index contributed by atoms with van der Waals surface area (Å²) in [6, 6.07) is 1.72. The summed E-state index contributed by atoms with van der Waals surface area (Å²) < 4.78 is 1.17. The van der Waals surface area contributed by atoms with E-state index < -0.39 is 0 Å². The maximum absolute atomic E-state index is 8.82. The highest BCUT2D eigenvalue weighted by Gasteiger charge is 2.12. The highest BCUT2D eigenvalue weighted by atomic mass is 35.5. The second-order valence-electron chi connectivity index (χ2n) is 2.42. The fourth-order valence-electron chi connectivity index (χ4n) is 0.896. The molecular weight excluding hydrogens is 261 g/mol. The zero-order valence-electron chi connectivity index (χ0n) is 7.46. The Balaban J connectivity index is 2.84. The van der Waals surface area contributed by atoms with Crippen LogP contribution in [0.25, 0.3) is 0 Å². The predicted molar refractivity (Wildman–Crippen MR) is 65.7 cm³/mol. The second-order valence-corrected chi connectivity index (χ2v) is 5.98. The number of nitrogens with zero attached hydrogens (tertiary/aromatic N) is 1. The fraction of sp³-hybridized carbons (Fsp3) is 0.375. The van der Waals surface area contributed by atoms with Crippen molar-refractivity contribution in [2.24, 2.45) is 5.16 Å². The van der Waals surface area contributed by atoms with Gasteiger partial charge < -0.3 is 5.21 Å². The molecule has 0 unspecified atom stereocenters. The van der Waals surface area contributed by atoms with Crippen molar-refractivity contribution in [2.45, 2.75) is 6.92 Å². The van der Waals surface area contributed by atoms with Crippen molar-refractivity contribution in [1.29, 1.82) is 0 Å². The van der Waals surface area contributed by atoms with E-state index in [4.69, 9.17) is 28.4 Å². The molecule has 1 aromatic rings. The minimum Gasteiger partial charge on any atom is -0.411 e. The van der Waals surface area contributed by atoms with Crippen molar-refractivity contribution in [3.05, 3.63) is 20.3 Å². The van der Waals surface area contributed by atoms with Crippen molar-refractivity contribution in [2.75, 3.05) is 11.5 Å². The lowest BCUT2D eigenvalue weighted by Crippen LogP contribution is -2.03. The molecule has 1 aromatic heterocycles. The zero-order chi connectivity index (χ0) is 10.6. The number of thioether (sulfide) groups is 1. The van der Waals surface area contributed by atoms with Crippen molar-refractivity contribution in [3.63, 3.8) is 0 Å². The van der Waals surface area contributed by atoms with Crippen LogP contribution < -0.4 is 0 Å². The average molecular weight is 270 g/mol. The smallest absolute Gasteiger partial charge is 0.104 e. The van der Waals surface area contributed by atoms with E-state index in [9.17, 15) is 0 Å². The van der Waals surface area contributed by atoms with Crippen molar-refractivity contribution in [1.82, 2.24) is 0 Å². The lowest BCUT2D eigenvalue weighted by molar-refractivity contribution is 0.319. The van der Waals surface area contributed by atoms with Gasteiger partial charge in [0.25, 0.3) is 0 Å². The SMILES string of the molecule is CCSC/C(=N\O)c1cc(Cl)sc1Cl. The van der Waals surface area contributed by atoms with Gasteiger partial charge in [-0.25, -0.2) is 0 Å². The largest absolute Gasteiger partial charge is 0.411 e. The Morgan fingerprint density at radius 3 is 2.79 bits per heavy atom. The molecule has 78 valence electrons. The van der Waals surface area contributed by atoms with Gasteiger partial charge in [-0.3, -0.25) is 0 Å². The summed E-state index contributed by atoms with van der Waals surface area (Å²) in [5, 5.41) is 12.0. The van der Waals surface area contributed by atoms with Gasteiger partial charge in [-0.1, -0.05) is 35.3 Å². The molecule has 14 heavy (non-hydrogen) atoms. The number of oxime groups is 1. The van der Waals surface area contributed by atoms with Crippen molar-refractivity contribution in [3.8, 4) is 0 Å². The highest BCUT2D eigenvalue weighted by Crippen LogP contribution is 2.32. The van der Waals surface area contributed by atoms with Crippen LogP contribution in [0.15, 0.2) is 11.2 Å². The molecule has 0 aliphatic carbocycles. The minimum absolute atomic E-state index is 0.569. The van der Waals surface area contributed by atoms with Gasteiger partial charge in [-0.15, -0.1) is 11.3 Å². The van der Waals surface area contributed by atoms with E-state index in [-0.39, 0.29) is 0 Å². The van der Waals surface area contributed by atoms with Crippen LogP contribution in [-0.2, 0) is 0 Å². The Kier molecular flexibility index (Phi) is 5.09. The third-order valence-electron chi connectivity index (χ3n) is 1.53. The third kappa shape index (κ3) is 3.05. The first-order chi connectivity index (χ1) is 6.69. The third-order valence-corrected chi connectivity index (χ3v) is 3.90. The van der Waals surface area contributed by atoms with E-state index in [0.29, 0.717) is 20.1 Å². The molecule has 0 spiro atoms. The molecule has 1 N–H and O–H groups in total. The van der Waals surface area contributed by atoms with Crippen LogP contribution in [0.2, 0.25) is 8.67 Å². The normalized spacial score (nSPS) is 12.1. The second kappa shape index (κ2) is 5.85. The Hall–Kier alpha value is 0.1000. The Morgan fingerprint density at radius 2 is 2.36 bits per heavy atom. The van der Waals surface area contributed by atoms with Gasteiger partial charge in [-0.05, 0) is 11.8 Å². The van der Waals surface area contributed by atoms with Crippen molar-refractivity contribution < 1.29 is 5.21 Å². The molecule has 0 amide bonds. The number of thiophene rings is 1. The molecule has 0 radical (unpaired) electrons. The first-order valence-electron chi connectivity index (χ1n) is 3.93. The molecular formula is C8H9Cl2NOS2. The van der Waals surface area contributed by atoms with E-state index in [2.05, 4.69) is 5.16 Å². The number of hydrogen-bond acceptors (Lipinski definition) is 4. The first kappa shape index (κ1) is 12.2. The molecule has 0 atom stereocenters. The summed E-state index contributed by atoms with van der Waals surface area (Å²) in [7, 11) is 0. The highest BCUT2D eigenvalue weighted by molar-refractivity contribution is 7.99. The van der Waals surface area contributed by atoms with Gasteiger partial charge in [0.15, 0.2) is 0 Å². The molecule has 0 fully saturated rings. The Labute approximate surface area is 101 Å². The van der Waals surface area contributed by atoms with E-state index in [1.807, 2.05) is 6.92 Å². The minimum atomic E-state index is 0.569. The first-order valence-corrected chi connectivity index (χ1v) is 6.65. The quantitative estimate of drug-likeness (QED) is 0.510. The molecule has 1 rings (SSSR count). The van der Waals surface area contributed by atoms with Crippen LogP contribution in [0.5, 0.6) is 0 Å². The molecule has 2 nitrogen and oxygen atoms in total. The standard InChI is InChI=1S/C8H9Cl2NOS2/c1-2-13-4-6(11-12)5-3-7(9)14-8(5)10/h3,12H,2,4H2,1H3/b11-6+. The predicted octanol–water partition coefficient (Wildman–Crippen LogP) is 3.99. The van der Waals surface area contributed by atoms with Gasteiger partial charge >= 0.3 is 0 Å². The summed E-state index contributed by atoms with van der Waals surface area (Å²) in [5.41, 5.74) is 1.30. The summed E-state index contributed by atoms with van der Waals surface area (Å²) >= 11 is 14.7. The van der Waals surface area contributed by atoms with Gasteiger partial charge in [0.05, 0.1) is 10.0 Å². The Bertz CT molecular complexity index is 338. The van der Waals surface area contributed by atoms with E-state index >= 15 is 0 Å². The molecule has 0 aliphatic heterocycles. The van der Waals surface area contributed by atoms with Crippen molar-refractivity contribution >= 4 is 52.0 Å². The van der Waals surface area contributed by atoms with Gasteiger partial charge in [-0.2, -0.15) is 11.8 Å². The molecule has 0 bridgehead atoms. The maximum atomic E-state index is 8.82. The molecule has 0 aromatic carbocycles. The van der Waals surface area contributed by atoms with Crippen LogP contribution in [-0.4, -0.2) is 22.4 Å². The number of halogens is 2. The van der Waals surface area contributed by atoms with Crippen LogP contribution >= 0.6 is 46.3 Å². The van der Waals surface area contributed by atoms with Crippen LogP contribution in [0, 0.1) is 0 Å². The lowest BCUT2D eigenvalue weighted by atomic mass is 10.2. The summed E-state index contributed by atoms with van der Waals surface area (Å²) in [4.78, 5) is 0. The average Bonchev–Trinajstić information content (AvgIpc) is 2.47. The van der Waals surface area contributed by atoms with E-state index in [0.717, 1.165) is 11.3 Å². The molecule has 0 saturated heterocycles. The lowest BCUT2D eigenvalue weighted by Gasteiger charge is -2.00. The van der Waals surface area contributed by atoms with Crippen LogP contribution in [0.4, 0.5) is 0 Å². The maximum Gasteiger partial charge on any atom is 0.104 e. The zero-order valence-corrected chi connectivity index (χ0v) is 10.6.